The van der Waals surface area contributed by atoms with Gasteiger partial charge in [0.05, 0.1) is 37.8 Å². The minimum atomic E-state index is -0.282. The van der Waals surface area contributed by atoms with Crippen molar-refractivity contribution < 1.29 is 14.6 Å². The zero-order valence-corrected chi connectivity index (χ0v) is 17.2. The molecule has 1 aliphatic carbocycles. The lowest BCUT2D eigenvalue weighted by atomic mass is 9.74. The molecule has 2 heterocycles. The first-order chi connectivity index (χ1) is 12.7. The monoisotopic (exact) mass is 433 g/mol. The van der Waals surface area contributed by atoms with Crippen LogP contribution in [0.25, 0.3) is 0 Å². The minimum Gasteiger partial charge on any atom is -0.493 e. The highest BCUT2D eigenvalue weighted by Crippen LogP contribution is 2.44. The molecule has 1 N–H and O–H groups in total. The summed E-state index contributed by atoms with van der Waals surface area (Å²) in [5, 5.41) is 10.2. The number of ether oxygens (including phenoxy) is 2. The van der Waals surface area contributed by atoms with Crippen molar-refractivity contribution >= 4 is 22.7 Å². The van der Waals surface area contributed by atoms with Gasteiger partial charge in [-0.05, 0) is 43.9 Å². The zero-order chi connectivity index (χ0) is 18.1. The molecule has 1 aromatic heterocycles. The molecule has 1 aromatic carbocycles. The van der Waals surface area contributed by atoms with E-state index in [-0.39, 0.29) is 35.0 Å². The van der Waals surface area contributed by atoms with Gasteiger partial charge < -0.3 is 14.6 Å². The van der Waals surface area contributed by atoms with E-state index >= 15 is 0 Å². The highest BCUT2D eigenvalue weighted by Gasteiger charge is 2.37. The van der Waals surface area contributed by atoms with Crippen LogP contribution in [0.2, 0.25) is 0 Å². The average Bonchev–Trinajstić information content (AvgIpc) is 2.68. The number of aromatic nitrogens is 2. The van der Waals surface area contributed by atoms with Gasteiger partial charge in [0.2, 0.25) is 0 Å². The summed E-state index contributed by atoms with van der Waals surface area (Å²) in [7, 11) is 1.64. The lowest BCUT2D eigenvalue weighted by Gasteiger charge is -2.37. The zero-order valence-electron chi connectivity index (χ0n) is 15.5. The molecule has 3 atom stereocenters. The van der Waals surface area contributed by atoms with Crippen molar-refractivity contribution in [1.82, 2.24) is 9.97 Å². The third-order valence-corrected chi connectivity index (χ3v) is 5.18. The summed E-state index contributed by atoms with van der Waals surface area (Å²) in [5.74, 6) is 1.59. The number of hydrogen-bond acceptors (Lipinski definition) is 6. The number of aliphatic hydroxyl groups excluding tert-OH is 1. The Morgan fingerprint density at radius 2 is 2.04 bits per heavy atom. The van der Waals surface area contributed by atoms with Crippen LogP contribution in [-0.2, 0) is 0 Å². The van der Waals surface area contributed by atoms with Gasteiger partial charge in [-0.25, -0.2) is 0 Å². The van der Waals surface area contributed by atoms with E-state index in [0.717, 1.165) is 41.1 Å². The van der Waals surface area contributed by atoms with Crippen molar-refractivity contribution in [3.05, 3.63) is 47.5 Å². The Hall–Kier alpha value is -1.99. The van der Waals surface area contributed by atoms with Gasteiger partial charge >= 0.3 is 0 Å². The normalized spacial score (nSPS) is 23.4. The summed E-state index contributed by atoms with van der Waals surface area (Å²) >= 11 is 0. The lowest BCUT2D eigenvalue weighted by molar-refractivity contribution is 0.111. The molecule has 0 radical (unpaired) electrons. The Morgan fingerprint density at radius 1 is 1.19 bits per heavy atom. The molecule has 1 fully saturated rings. The predicted octanol–water partition coefficient (Wildman–Crippen LogP) is 3.31. The Balaban J connectivity index is 0.00000210. The van der Waals surface area contributed by atoms with Crippen molar-refractivity contribution in [1.29, 1.82) is 0 Å². The lowest BCUT2D eigenvalue weighted by Crippen LogP contribution is -2.34. The Morgan fingerprint density at radius 3 is 2.74 bits per heavy atom. The SMILES string of the molecule is Br.CCOc1cc2c(cc1OC)C(c1cnccn1)=N[C@@H]1CC[C@@H](O)C[C@H]21. The fourth-order valence-electron chi connectivity index (χ4n) is 4.00. The number of fused-ring (bicyclic) bond motifs is 3. The van der Waals surface area contributed by atoms with Crippen molar-refractivity contribution in [2.75, 3.05) is 13.7 Å². The van der Waals surface area contributed by atoms with E-state index in [0.29, 0.717) is 18.8 Å². The van der Waals surface area contributed by atoms with Gasteiger partial charge in [0.1, 0.15) is 5.69 Å². The third kappa shape index (κ3) is 3.71. The van der Waals surface area contributed by atoms with E-state index in [2.05, 4.69) is 16.0 Å². The van der Waals surface area contributed by atoms with Crippen molar-refractivity contribution in [3.63, 3.8) is 0 Å². The molecule has 4 rings (SSSR count). The molecule has 0 bridgehead atoms. The van der Waals surface area contributed by atoms with Gasteiger partial charge in [0, 0.05) is 23.9 Å². The number of aliphatic imine (C=N–C) groups is 1. The molecule has 2 aromatic rings. The molecule has 0 spiro atoms. The highest BCUT2D eigenvalue weighted by atomic mass is 79.9. The number of methoxy groups -OCH3 is 1. The van der Waals surface area contributed by atoms with Crippen LogP contribution < -0.4 is 9.47 Å². The van der Waals surface area contributed by atoms with Crippen LogP contribution >= 0.6 is 17.0 Å². The molecule has 1 aliphatic heterocycles. The Labute approximate surface area is 169 Å². The minimum absolute atomic E-state index is 0. The number of benzene rings is 1. The van der Waals surface area contributed by atoms with Gasteiger partial charge in [-0.15, -0.1) is 17.0 Å². The summed E-state index contributed by atoms with van der Waals surface area (Å²) in [6.07, 6.45) is 7.16. The van der Waals surface area contributed by atoms with Gasteiger partial charge in [-0.2, -0.15) is 0 Å². The molecule has 6 nitrogen and oxygen atoms in total. The summed E-state index contributed by atoms with van der Waals surface area (Å²) < 4.78 is 11.3. The molecule has 144 valence electrons. The van der Waals surface area contributed by atoms with E-state index < -0.39 is 0 Å². The second-order valence-corrected chi connectivity index (χ2v) is 6.73. The topological polar surface area (TPSA) is 76.8 Å². The summed E-state index contributed by atoms with van der Waals surface area (Å²) in [5.41, 5.74) is 3.73. The second-order valence-electron chi connectivity index (χ2n) is 6.73. The fraction of sp³-hybridized carbons (Fsp3) is 0.450. The second kappa shape index (κ2) is 8.35. The van der Waals surface area contributed by atoms with Crippen LogP contribution in [0.1, 0.15) is 48.9 Å². The maximum Gasteiger partial charge on any atom is 0.161 e. The van der Waals surface area contributed by atoms with Crippen LogP contribution in [0.3, 0.4) is 0 Å². The number of hydrogen-bond donors (Lipinski definition) is 1. The van der Waals surface area contributed by atoms with Crippen molar-refractivity contribution in [2.24, 2.45) is 4.99 Å². The van der Waals surface area contributed by atoms with E-state index in [1.54, 1.807) is 25.7 Å². The maximum absolute atomic E-state index is 10.2. The quantitative estimate of drug-likeness (QED) is 0.799. The van der Waals surface area contributed by atoms with Crippen LogP contribution in [0.15, 0.2) is 35.7 Å². The van der Waals surface area contributed by atoms with Crippen molar-refractivity contribution in [2.45, 2.75) is 44.2 Å². The van der Waals surface area contributed by atoms with Crippen LogP contribution in [-0.4, -0.2) is 46.6 Å². The third-order valence-electron chi connectivity index (χ3n) is 5.18. The molecule has 2 aliphatic rings. The summed E-state index contributed by atoms with van der Waals surface area (Å²) in [6, 6.07) is 4.18. The highest BCUT2D eigenvalue weighted by molar-refractivity contribution is 8.93. The Kier molecular flexibility index (Phi) is 6.11. The molecule has 0 saturated heterocycles. The number of halogens is 1. The van der Waals surface area contributed by atoms with Gasteiger partial charge in [0.15, 0.2) is 11.5 Å². The van der Waals surface area contributed by atoms with E-state index in [9.17, 15) is 5.11 Å². The molecule has 7 heteroatoms. The molecular weight excluding hydrogens is 410 g/mol. The molecule has 1 saturated carbocycles. The maximum atomic E-state index is 10.2. The van der Waals surface area contributed by atoms with E-state index in [4.69, 9.17) is 14.5 Å². The molecule has 0 unspecified atom stereocenters. The van der Waals surface area contributed by atoms with Gasteiger partial charge in [-0.1, -0.05) is 0 Å². The number of nitrogens with zero attached hydrogens (tertiary/aromatic N) is 3. The summed E-state index contributed by atoms with van der Waals surface area (Å²) in [4.78, 5) is 13.7. The fourth-order valence-corrected chi connectivity index (χ4v) is 4.00. The van der Waals surface area contributed by atoms with Crippen LogP contribution in [0, 0.1) is 0 Å². The summed E-state index contributed by atoms with van der Waals surface area (Å²) in [6.45, 7) is 2.52. The Bertz CT molecular complexity index is 829. The molecule has 27 heavy (non-hydrogen) atoms. The van der Waals surface area contributed by atoms with Crippen molar-refractivity contribution in [3.8, 4) is 11.5 Å². The van der Waals surface area contributed by atoms with E-state index in [1.165, 1.54) is 0 Å². The largest absolute Gasteiger partial charge is 0.493 e. The molecular formula is C20H24BrN3O3. The predicted molar refractivity (Wildman–Crippen MR) is 109 cm³/mol. The first-order valence-electron chi connectivity index (χ1n) is 9.08. The smallest absolute Gasteiger partial charge is 0.161 e. The first kappa shape index (κ1) is 19.8. The van der Waals surface area contributed by atoms with Crippen LogP contribution in [0.5, 0.6) is 11.5 Å². The number of rotatable bonds is 4. The molecule has 0 amide bonds. The standard InChI is InChI=1S/C20H23N3O3.BrH/c1-3-26-19-9-13-14-8-12(24)4-5-16(14)23-20(15(13)10-18(19)25-2)17-11-21-6-7-22-17;/h6-7,9-12,14,16,24H,3-5,8H2,1-2H3;1H/t12-,14-,16-;/m1./s1. The number of aliphatic hydroxyl groups is 1. The van der Waals surface area contributed by atoms with E-state index in [1.807, 2.05) is 13.0 Å². The average molecular weight is 434 g/mol. The van der Waals surface area contributed by atoms with Gasteiger partial charge in [0.25, 0.3) is 0 Å². The first-order valence-corrected chi connectivity index (χ1v) is 9.08. The van der Waals surface area contributed by atoms with Crippen LogP contribution in [0.4, 0.5) is 0 Å². The van der Waals surface area contributed by atoms with Gasteiger partial charge in [-0.3, -0.25) is 15.0 Å².